The maximum atomic E-state index is 2.31. The summed E-state index contributed by atoms with van der Waals surface area (Å²) in [4.78, 5) is 16.8. The van der Waals surface area contributed by atoms with Crippen LogP contribution in [0.2, 0.25) is 0 Å². The Balaban J connectivity index is 1.15. The highest BCUT2D eigenvalue weighted by Crippen LogP contribution is 2.46. The molecule has 6 rings (SSSR count). The van der Waals surface area contributed by atoms with Crippen molar-refractivity contribution >= 4 is 68.0 Å². The van der Waals surface area contributed by atoms with Crippen LogP contribution >= 0.6 is 68.0 Å². The average molecular weight is 607 g/mol. The Kier molecular flexibility index (Phi) is 8.45. The minimum Gasteiger partial charge on any atom is -0.139 e. The van der Waals surface area contributed by atoms with Crippen LogP contribution in [0.5, 0.6) is 0 Å². The van der Waals surface area contributed by atoms with Crippen molar-refractivity contribution in [1.82, 2.24) is 0 Å². The van der Waals surface area contributed by atoms with Crippen molar-refractivity contribution in [3.63, 3.8) is 0 Å². The smallest absolute Gasteiger partial charge is 0.0449 e. The number of aryl methyl sites for hydroxylation is 2. The van der Waals surface area contributed by atoms with E-state index >= 15 is 0 Å². The van der Waals surface area contributed by atoms with E-state index in [1.54, 1.807) is 0 Å². The molecule has 0 saturated carbocycles. The second-order valence-electron chi connectivity index (χ2n) is 9.39. The average Bonchev–Trinajstić information content (AvgIpc) is 3.78. The first-order valence-electron chi connectivity index (χ1n) is 13.3. The molecule has 0 nitrogen and oxygen atoms in total. The molecule has 194 valence electrons. The van der Waals surface area contributed by atoms with Crippen LogP contribution in [-0.2, 0) is 12.8 Å². The normalized spacial score (nSPS) is 11.5. The highest BCUT2D eigenvalue weighted by atomic mass is 32.1. The summed E-state index contributed by atoms with van der Waals surface area (Å²) in [5.41, 5.74) is 0. The highest BCUT2D eigenvalue weighted by Gasteiger charge is 2.14. The van der Waals surface area contributed by atoms with Gasteiger partial charge in [0.15, 0.2) is 0 Å². The van der Waals surface area contributed by atoms with E-state index in [0.29, 0.717) is 0 Å². The SMILES string of the molecule is CCCCc1ccc(-c2ccc(-c3ccc(-c4ccc(-c5ccc(-c6ccc(CCCC)s6)s5)s4)s3)s2)s1. The van der Waals surface area contributed by atoms with Crippen LogP contribution in [0.15, 0.2) is 72.8 Å². The Labute approximate surface area is 249 Å². The third-order valence-corrected chi connectivity index (χ3v) is 14.1. The van der Waals surface area contributed by atoms with Crippen LogP contribution in [0.4, 0.5) is 0 Å². The third kappa shape index (κ3) is 5.86. The lowest BCUT2D eigenvalue weighted by molar-refractivity contribution is 0.804. The fraction of sp³-hybridized carbons (Fsp3) is 0.250. The first kappa shape index (κ1) is 26.4. The minimum absolute atomic E-state index is 1.21. The molecule has 0 aliphatic rings. The Morgan fingerprint density at radius 3 is 0.842 bits per heavy atom. The predicted octanol–water partition coefficient (Wildman–Crippen LogP) is 13.1. The number of unbranched alkanes of at least 4 members (excludes halogenated alkanes) is 2. The molecule has 0 N–H and O–H groups in total. The van der Waals surface area contributed by atoms with Crippen molar-refractivity contribution < 1.29 is 0 Å². The van der Waals surface area contributed by atoms with Gasteiger partial charge in [-0.1, -0.05) is 26.7 Å². The molecule has 38 heavy (non-hydrogen) atoms. The molecular weight excluding hydrogens is 577 g/mol. The van der Waals surface area contributed by atoms with E-state index in [1.807, 2.05) is 68.0 Å². The van der Waals surface area contributed by atoms with Gasteiger partial charge in [-0.3, -0.25) is 0 Å². The van der Waals surface area contributed by atoms with Crippen LogP contribution in [0.1, 0.15) is 49.3 Å². The summed E-state index contributed by atoms with van der Waals surface area (Å²) >= 11 is 11.6. The maximum absolute atomic E-state index is 2.31. The minimum atomic E-state index is 1.21. The van der Waals surface area contributed by atoms with Gasteiger partial charge in [-0.25, -0.2) is 0 Å². The van der Waals surface area contributed by atoms with Crippen LogP contribution < -0.4 is 0 Å². The van der Waals surface area contributed by atoms with Crippen LogP contribution in [0, 0.1) is 0 Å². The molecule has 0 amide bonds. The van der Waals surface area contributed by atoms with Crippen molar-refractivity contribution in [1.29, 1.82) is 0 Å². The van der Waals surface area contributed by atoms with Crippen molar-refractivity contribution in [3.05, 3.63) is 82.6 Å². The molecule has 6 aromatic heterocycles. The monoisotopic (exact) mass is 606 g/mol. The lowest BCUT2D eigenvalue weighted by Gasteiger charge is -1.94. The number of thiophene rings is 6. The van der Waals surface area contributed by atoms with Crippen LogP contribution in [0.3, 0.4) is 0 Å². The lowest BCUT2D eigenvalue weighted by Crippen LogP contribution is -1.76. The van der Waals surface area contributed by atoms with Gasteiger partial charge >= 0.3 is 0 Å². The molecular formula is C32H30S6. The molecule has 0 fully saturated rings. The number of rotatable bonds is 11. The topological polar surface area (TPSA) is 0 Å². The second-order valence-corrected chi connectivity index (χ2v) is 16.1. The van der Waals surface area contributed by atoms with Crippen molar-refractivity contribution in [3.8, 4) is 48.8 Å². The van der Waals surface area contributed by atoms with Gasteiger partial charge in [0.25, 0.3) is 0 Å². The fourth-order valence-electron chi connectivity index (χ4n) is 4.40. The molecule has 0 aliphatic carbocycles. The van der Waals surface area contributed by atoms with Gasteiger partial charge in [-0.2, -0.15) is 0 Å². The Bertz CT molecular complexity index is 1490. The zero-order valence-electron chi connectivity index (χ0n) is 21.6. The molecule has 0 aliphatic heterocycles. The van der Waals surface area contributed by atoms with E-state index in [9.17, 15) is 0 Å². The van der Waals surface area contributed by atoms with Gasteiger partial charge in [-0.15, -0.1) is 68.0 Å². The summed E-state index contributed by atoms with van der Waals surface area (Å²) in [6.07, 6.45) is 7.48. The lowest BCUT2D eigenvalue weighted by atomic mass is 10.2. The molecule has 0 radical (unpaired) electrons. The first-order valence-corrected chi connectivity index (χ1v) is 18.2. The Hall–Kier alpha value is -1.80. The zero-order chi connectivity index (χ0) is 25.9. The molecule has 6 aromatic rings. The molecule has 0 spiro atoms. The first-order chi connectivity index (χ1) is 18.7. The van der Waals surface area contributed by atoms with Gasteiger partial charge in [0, 0.05) is 58.5 Å². The maximum Gasteiger partial charge on any atom is 0.0449 e. The molecule has 0 saturated heterocycles. The van der Waals surface area contributed by atoms with Crippen molar-refractivity contribution in [2.45, 2.75) is 52.4 Å². The molecule has 0 bridgehead atoms. The van der Waals surface area contributed by atoms with Gasteiger partial charge in [0.1, 0.15) is 0 Å². The summed E-state index contributed by atoms with van der Waals surface area (Å²) in [5.74, 6) is 0. The standard InChI is InChI=1S/C32H30S6/c1-3-5-7-21-9-11-23(33-21)25-13-15-27(35-25)29-17-19-31(37-29)32-20-18-30(38-32)28-16-14-26(36-28)24-12-10-22(34-24)8-6-4-2/h9-20H,3-8H2,1-2H3. The van der Waals surface area contributed by atoms with E-state index in [0.717, 1.165) is 0 Å². The summed E-state index contributed by atoms with van der Waals surface area (Å²) in [7, 11) is 0. The summed E-state index contributed by atoms with van der Waals surface area (Å²) in [6.45, 7) is 4.53. The Morgan fingerprint density at radius 1 is 0.342 bits per heavy atom. The number of hydrogen-bond acceptors (Lipinski definition) is 6. The van der Waals surface area contributed by atoms with E-state index in [2.05, 4.69) is 86.6 Å². The van der Waals surface area contributed by atoms with Gasteiger partial charge < -0.3 is 0 Å². The largest absolute Gasteiger partial charge is 0.139 e. The van der Waals surface area contributed by atoms with E-state index < -0.39 is 0 Å². The quantitative estimate of drug-likeness (QED) is 0.138. The summed E-state index contributed by atoms with van der Waals surface area (Å²) < 4.78 is 0. The third-order valence-electron chi connectivity index (χ3n) is 6.52. The Morgan fingerprint density at radius 2 is 0.579 bits per heavy atom. The van der Waals surface area contributed by atoms with E-state index in [-0.39, 0.29) is 0 Å². The molecule has 6 heteroatoms. The van der Waals surface area contributed by atoms with Gasteiger partial charge in [-0.05, 0) is 98.5 Å². The predicted molar refractivity (Wildman–Crippen MR) is 178 cm³/mol. The second kappa shape index (κ2) is 12.2. The highest BCUT2D eigenvalue weighted by molar-refractivity contribution is 7.30. The zero-order valence-corrected chi connectivity index (χ0v) is 26.5. The van der Waals surface area contributed by atoms with Gasteiger partial charge in [0.2, 0.25) is 0 Å². The molecule has 0 unspecified atom stereocenters. The van der Waals surface area contributed by atoms with Crippen molar-refractivity contribution in [2.75, 3.05) is 0 Å². The fourth-order valence-corrected chi connectivity index (χ4v) is 11.0. The van der Waals surface area contributed by atoms with E-state index in [4.69, 9.17) is 0 Å². The molecule has 6 heterocycles. The summed E-state index contributed by atoms with van der Waals surface area (Å²) in [6, 6.07) is 27.6. The van der Waals surface area contributed by atoms with Crippen molar-refractivity contribution in [2.24, 2.45) is 0 Å². The van der Waals surface area contributed by atoms with Crippen LogP contribution in [-0.4, -0.2) is 0 Å². The number of hydrogen-bond donors (Lipinski definition) is 0. The molecule has 0 aromatic carbocycles. The van der Waals surface area contributed by atoms with Crippen LogP contribution in [0.25, 0.3) is 48.8 Å². The molecule has 0 atom stereocenters. The summed E-state index contributed by atoms with van der Waals surface area (Å²) in [5, 5.41) is 0. The van der Waals surface area contributed by atoms with E-state index in [1.165, 1.54) is 97.1 Å². The van der Waals surface area contributed by atoms with Gasteiger partial charge in [0.05, 0.1) is 0 Å².